The van der Waals surface area contributed by atoms with E-state index in [1.165, 1.54) is 0 Å². The van der Waals surface area contributed by atoms with E-state index < -0.39 is 0 Å². The van der Waals surface area contributed by atoms with Gasteiger partial charge in [0, 0.05) is 32.7 Å². The fraction of sp³-hybridized carbons (Fsp3) is 0.667. The van der Waals surface area contributed by atoms with E-state index in [2.05, 4.69) is 16.5 Å². The summed E-state index contributed by atoms with van der Waals surface area (Å²) < 4.78 is 7.02. The van der Waals surface area contributed by atoms with Gasteiger partial charge in [-0.25, -0.2) is 4.98 Å². The lowest BCUT2D eigenvalue weighted by Gasteiger charge is -2.11. The average molecular weight is 183 g/mol. The molecule has 1 heterocycles. The highest BCUT2D eigenvalue weighted by Crippen LogP contribution is 2.11. The summed E-state index contributed by atoms with van der Waals surface area (Å²) in [5, 5.41) is 0. The molecule has 1 atom stereocenters. The maximum Gasteiger partial charge on any atom is 0.125 e. The van der Waals surface area contributed by atoms with E-state index in [-0.39, 0.29) is 6.04 Å². The number of ether oxygens (including phenoxy) is 1. The molecule has 0 aliphatic heterocycles. The van der Waals surface area contributed by atoms with Crippen LogP contribution in [0.1, 0.15) is 25.2 Å². The molecule has 1 aromatic rings. The van der Waals surface area contributed by atoms with Crippen molar-refractivity contribution in [2.24, 2.45) is 5.73 Å². The first kappa shape index (κ1) is 10.2. The van der Waals surface area contributed by atoms with E-state index in [0.29, 0.717) is 6.61 Å². The van der Waals surface area contributed by atoms with Gasteiger partial charge in [-0.05, 0) is 13.3 Å². The number of hydrogen-bond donors (Lipinski definition) is 1. The highest BCUT2D eigenvalue weighted by molar-refractivity contribution is 4.98. The van der Waals surface area contributed by atoms with Gasteiger partial charge in [0.1, 0.15) is 5.82 Å². The lowest BCUT2D eigenvalue weighted by Crippen LogP contribution is -2.17. The van der Waals surface area contributed by atoms with Gasteiger partial charge in [0.2, 0.25) is 0 Å². The summed E-state index contributed by atoms with van der Waals surface area (Å²) in [6.07, 6.45) is 4.54. The van der Waals surface area contributed by atoms with Gasteiger partial charge in [-0.3, -0.25) is 0 Å². The van der Waals surface area contributed by atoms with Crippen molar-refractivity contribution in [2.45, 2.75) is 25.9 Å². The van der Waals surface area contributed by atoms with E-state index >= 15 is 0 Å². The van der Waals surface area contributed by atoms with Crippen LogP contribution >= 0.6 is 0 Å². The van der Waals surface area contributed by atoms with Crippen molar-refractivity contribution < 1.29 is 4.74 Å². The number of methoxy groups -OCH3 is 1. The Morgan fingerprint density at radius 3 is 3.08 bits per heavy atom. The van der Waals surface area contributed by atoms with Crippen molar-refractivity contribution in [3.05, 3.63) is 18.2 Å². The number of nitrogens with two attached hydrogens (primary N) is 1. The van der Waals surface area contributed by atoms with Crippen LogP contribution in [-0.4, -0.2) is 23.3 Å². The van der Waals surface area contributed by atoms with Crippen LogP contribution in [0, 0.1) is 0 Å². The molecule has 0 amide bonds. The molecular weight excluding hydrogens is 166 g/mol. The molecule has 4 nitrogen and oxygen atoms in total. The molecule has 0 aliphatic rings. The van der Waals surface area contributed by atoms with Crippen LogP contribution in [-0.2, 0) is 11.3 Å². The fourth-order valence-electron chi connectivity index (χ4n) is 1.29. The zero-order valence-corrected chi connectivity index (χ0v) is 8.23. The second-order valence-corrected chi connectivity index (χ2v) is 2.96. The SMILES string of the molecule is CCn1ccnc1C(N)CCOC. The molecule has 0 bridgehead atoms. The standard InChI is InChI=1S/C9H17N3O/c1-3-12-6-5-11-9(12)8(10)4-7-13-2/h5-6,8H,3-4,7,10H2,1-2H3. The van der Waals surface area contributed by atoms with Gasteiger partial charge in [0.25, 0.3) is 0 Å². The van der Waals surface area contributed by atoms with Crippen molar-refractivity contribution in [3.8, 4) is 0 Å². The molecule has 0 aliphatic carbocycles. The Labute approximate surface area is 78.7 Å². The van der Waals surface area contributed by atoms with E-state index in [4.69, 9.17) is 10.5 Å². The Balaban J connectivity index is 2.59. The number of aromatic nitrogens is 2. The molecule has 0 aromatic carbocycles. The maximum atomic E-state index is 5.94. The van der Waals surface area contributed by atoms with Gasteiger partial charge in [-0.1, -0.05) is 0 Å². The highest BCUT2D eigenvalue weighted by Gasteiger charge is 2.10. The summed E-state index contributed by atoms with van der Waals surface area (Å²) in [5.41, 5.74) is 5.94. The number of rotatable bonds is 5. The van der Waals surface area contributed by atoms with Crippen molar-refractivity contribution in [2.75, 3.05) is 13.7 Å². The van der Waals surface area contributed by atoms with Crippen molar-refractivity contribution in [1.29, 1.82) is 0 Å². The summed E-state index contributed by atoms with van der Waals surface area (Å²) in [4.78, 5) is 4.22. The van der Waals surface area contributed by atoms with Crippen LogP contribution in [0.4, 0.5) is 0 Å². The normalized spacial score (nSPS) is 13.2. The lowest BCUT2D eigenvalue weighted by atomic mass is 10.2. The molecule has 0 radical (unpaired) electrons. The summed E-state index contributed by atoms with van der Waals surface area (Å²) >= 11 is 0. The number of hydrogen-bond acceptors (Lipinski definition) is 3. The average Bonchev–Trinajstić information content (AvgIpc) is 2.61. The summed E-state index contributed by atoms with van der Waals surface area (Å²) in [6.45, 7) is 3.67. The first-order chi connectivity index (χ1) is 6.29. The zero-order valence-electron chi connectivity index (χ0n) is 8.23. The molecule has 74 valence electrons. The molecule has 0 spiro atoms. The van der Waals surface area contributed by atoms with Gasteiger partial charge < -0.3 is 15.0 Å². The molecule has 13 heavy (non-hydrogen) atoms. The van der Waals surface area contributed by atoms with E-state index in [0.717, 1.165) is 18.8 Å². The van der Waals surface area contributed by atoms with Crippen LogP contribution in [0.2, 0.25) is 0 Å². The first-order valence-electron chi connectivity index (χ1n) is 4.55. The molecule has 4 heteroatoms. The molecular formula is C9H17N3O. The Kier molecular flexibility index (Phi) is 3.92. The minimum absolute atomic E-state index is 0.0186. The Morgan fingerprint density at radius 2 is 2.46 bits per heavy atom. The molecule has 0 saturated heterocycles. The Bertz CT molecular complexity index is 247. The molecule has 0 fully saturated rings. The van der Waals surface area contributed by atoms with Gasteiger partial charge >= 0.3 is 0 Å². The van der Waals surface area contributed by atoms with Crippen LogP contribution in [0.15, 0.2) is 12.4 Å². The first-order valence-corrected chi connectivity index (χ1v) is 4.55. The number of imidazole rings is 1. The predicted molar refractivity (Wildman–Crippen MR) is 51.3 cm³/mol. The van der Waals surface area contributed by atoms with Crippen molar-refractivity contribution in [1.82, 2.24) is 9.55 Å². The fourth-order valence-corrected chi connectivity index (χ4v) is 1.29. The van der Waals surface area contributed by atoms with E-state index in [1.807, 2.05) is 6.20 Å². The van der Waals surface area contributed by atoms with Crippen molar-refractivity contribution >= 4 is 0 Å². The van der Waals surface area contributed by atoms with Crippen molar-refractivity contribution in [3.63, 3.8) is 0 Å². The lowest BCUT2D eigenvalue weighted by molar-refractivity contribution is 0.186. The number of aryl methyl sites for hydroxylation is 1. The monoisotopic (exact) mass is 183 g/mol. The highest BCUT2D eigenvalue weighted by atomic mass is 16.5. The molecule has 1 unspecified atom stereocenters. The maximum absolute atomic E-state index is 5.94. The molecule has 1 aromatic heterocycles. The largest absolute Gasteiger partial charge is 0.385 e. The third kappa shape index (κ3) is 2.54. The predicted octanol–water partition coefficient (Wildman–Crippen LogP) is 0.939. The minimum Gasteiger partial charge on any atom is -0.385 e. The quantitative estimate of drug-likeness (QED) is 0.739. The van der Waals surface area contributed by atoms with Gasteiger partial charge in [0.05, 0.1) is 6.04 Å². The number of nitrogens with zero attached hydrogens (tertiary/aromatic N) is 2. The van der Waals surface area contributed by atoms with Crippen LogP contribution < -0.4 is 5.73 Å². The molecule has 1 rings (SSSR count). The topological polar surface area (TPSA) is 53.1 Å². The van der Waals surface area contributed by atoms with Gasteiger partial charge in [0.15, 0.2) is 0 Å². The second-order valence-electron chi connectivity index (χ2n) is 2.96. The van der Waals surface area contributed by atoms with Gasteiger partial charge in [-0.2, -0.15) is 0 Å². The van der Waals surface area contributed by atoms with Crippen LogP contribution in [0.5, 0.6) is 0 Å². The molecule has 2 N–H and O–H groups in total. The van der Waals surface area contributed by atoms with Gasteiger partial charge in [-0.15, -0.1) is 0 Å². The van der Waals surface area contributed by atoms with E-state index in [1.54, 1.807) is 13.3 Å². The smallest absolute Gasteiger partial charge is 0.125 e. The third-order valence-electron chi connectivity index (χ3n) is 2.05. The Hall–Kier alpha value is -0.870. The molecule has 0 saturated carbocycles. The zero-order chi connectivity index (χ0) is 9.68. The summed E-state index contributed by atoms with van der Waals surface area (Å²) in [6, 6.07) is -0.0186. The third-order valence-corrected chi connectivity index (χ3v) is 2.05. The van der Waals surface area contributed by atoms with Crippen LogP contribution in [0.3, 0.4) is 0 Å². The van der Waals surface area contributed by atoms with E-state index in [9.17, 15) is 0 Å². The summed E-state index contributed by atoms with van der Waals surface area (Å²) in [7, 11) is 1.68. The second kappa shape index (κ2) is 4.99. The minimum atomic E-state index is -0.0186. The summed E-state index contributed by atoms with van der Waals surface area (Å²) in [5.74, 6) is 0.944. The van der Waals surface area contributed by atoms with Crippen LogP contribution in [0.25, 0.3) is 0 Å². The Morgan fingerprint density at radius 1 is 1.69 bits per heavy atom.